The first kappa shape index (κ1) is 36.5. The largest absolute Gasteiger partial charge is 0.475 e. The minimum atomic E-state index is -1.03. The van der Waals surface area contributed by atoms with Crippen molar-refractivity contribution < 1.29 is 13.9 Å². The van der Waals surface area contributed by atoms with E-state index >= 15 is 4.39 Å². The van der Waals surface area contributed by atoms with Gasteiger partial charge in [0.25, 0.3) is 0 Å². The molecule has 0 bridgehead atoms. The molecule has 10 heteroatoms. The number of rotatable bonds is 9. The highest BCUT2D eigenvalue weighted by Gasteiger charge is 2.41. The number of nitrogens with zero attached hydrogens (tertiary/aromatic N) is 6. The zero-order valence-corrected chi connectivity index (χ0v) is 31.4. The second-order valence-electron chi connectivity index (χ2n) is 15.2. The monoisotopic (exact) mass is 723 g/mol. The number of hydrogen-bond acceptors (Lipinski definition) is 6. The smallest absolute Gasteiger partial charge is 0.321 e. The van der Waals surface area contributed by atoms with Gasteiger partial charge in [-0.15, -0.1) is 15.0 Å². The second-order valence-corrected chi connectivity index (χ2v) is 15.2. The van der Waals surface area contributed by atoms with E-state index in [4.69, 9.17) is 15.0 Å². The van der Waals surface area contributed by atoms with Crippen LogP contribution < -0.4 is 10.1 Å². The van der Waals surface area contributed by atoms with Gasteiger partial charge in [0.2, 0.25) is 11.7 Å². The fraction of sp³-hybridized carbons (Fsp3) is 0.295. The van der Waals surface area contributed by atoms with Gasteiger partial charge in [-0.05, 0) is 78.1 Å². The van der Waals surface area contributed by atoms with Crippen LogP contribution in [0.4, 0.5) is 14.9 Å². The maximum Gasteiger partial charge on any atom is 0.321 e. The fourth-order valence-corrected chi connectivity index (χ4v) is 7.49. The predicted octanol–water partition coefficient (Wildman–Crippen LogP) is 9.46. The molecule has 9 nitrogen and oxygen atoms in total. The molecule has 1 fully saturated rings. The zero-order chi connectivity index (χ0) is 37.9. The number of pyridine rings is 1. The third-order valence-corrected chi connectivity index (χ3v) is 10.3. The number of aromatic nitrogens is 5. The van der Waals surface area contributed by atoms with Crippen LogP contribution in [0.5, 0.6) is 5.88 Å². The Morgan fingerprint density at radius 2 is 1.41 bits per heavy atom. The lowest BCUT2D eigenvalue weighted by molar-refractivity contribution is 0.128. The van der Waals surface area contributed by atoms with Crippen LogP contribution in [0.3, 0.4) is 0 Å². The minimum absolute atomic E-state index is 0.0730. The Morgan fingerprint density at radius 1 is 0.833 bits per heavy atom. The van der Waals surface area contributed by atoms with Crippen LogP contribution in [0.15, 0.2) is 121 Å². The van der Waals surface area contributed by atoms with Gasteiger partial charge in [0, 0.05) is 47.7 Å². The van der Waals surface area contributed by atoms with Gasteiger partial charge in [0.15, 0.2) is 5.54 Å². The lowest BCUT2D eigenvalue weighted by Crippen LogP contribution is -2.43. The summed E-state index contributed by atoms with van der Waals surface area (Å²) in [4.78, 5) is 21.5. The summed E-state index contributed by atoms with van der Waals surface area (Å²) in [5, 5.41) is 17.4. The van der Waals surface area contributed by atoms with Crippen molar-refractivity contribution in [2.45, 2.75) is 59.1 Å². The van der Waals surface area contributed by atoms with Crippen LogP contribution in [-0.4, -0.2) is 55.3 Å². The van der Waals surface area contributed by atoms with Gasteiger partial charge in [-0.1, -0.05) is 112 Å². The average molecular weight is 724 g/mol. The molecule has 276 valence electrons. The van der Waals surface area contributed by atoms with Gasteiger partial charge in [0.1, 0.15) is 5.82 Å². The van der Waals surface area contributed by atoms with Crippen molar-refractivity contribution in [2.75, 3.05) is 18.4 Å². The number of benzene rings is 4. The summed E-state index contributed by atoms with van der Waals surface area (Å²) in [6, 6.07) is 36.3. The Hall–Kier alpha value is -5.90. The van der Waals surface area contributed by atoms with Crippen molar-refractivity contribution in [3.8, 4) is 28.4 Å². The molecule has 0 saturated carbocycles. The second kappa shape index (κ2) is 15.2. The van der Waals surface area contributed by atoms with E-state index in [1.165, 1.54) is 6.07 Å². The molecule has 2 amide bonds. The quantitative estimate of drug-likeness (QED) is 0.149. The molecule has 4 aromatic carbocycles. The number of likely N-dealkylation sites (tertiary alicyclic amines) is 1. The van der Waals surface area contributed by atoms with Crippen molar-refractivity contribution in [2.24, 2.45) is 11.3 Å². The van der Waals surface area contributed by atoms with Gasteiger partial charge >= 0.3 is 6.03 Å². The van der Waals surface area contributed by atoms with Gasteiger partial charge in [0.05, 0.1) is 6.10 Å². The Morgan fingerprint density at radius 3 is 1.91 bits per heavy atom. The van der Waals surface area contributed by atoms with E-state index in [0.717, 1.165) is 29.5 Å². The third kappa shape index (κ3) is 7.33. The number of piperidine rings is 1. The number of carbonyl (C=O) groups is 1. The Bertz CT molecular complexity index is 2080. The van der Waals surface area contributed by atoms with Gasteiger partial charge in [-0.3, -0.25) is 0 Å². The van der Waals surface area contributed by atoms with Gasteiger partial charge in [-0.2, -0.15) is 0 Å². The minimum Gasteiger partial charge on any atom is -0.475 e. The molecule has 0 radical (unpaired) electrons. The molecule has 0 atom stereocenters. The van der Waals surface area contributed by atoms with E-state index in [1.54, 1.807) is 34.1 Å². The Labute approximate surface area is 316 Å². The Kier molecular flexibility index (Phi) is 10.3. The molecule has 54 heavy (non-hydrogen) atoms. The molecule has 7 rings (SSSR count). The van der Waals surface area contributed by atoms with E-state index < -0.39 is 11.4 Å². The summed E-state index contributed by atoms with van der Waals surface area (Å²) >= 11 is 0. The van der Waals surface area contributed by atoms with Crippen LogP contribution in [0.2, 0.25) is 0 Å². The number of tetrazole rings is 1. The standard InChI is InChI=1S/C44H46FN7O2/c1-30(2)54-39-22-21-31(29-46-39)40-37(27-36(28-38(40)45)47-42(53)51-25-23-32(24-26-51)43(3,4)5)41-48-50-52(49-41)44(33-15-9-6-10-16-33,34-17-11-7-12-18-34)35-19-13-8-14-20-35/h6-22,27-30,32H,23-26H2,1-5H3,(H,47,53). The first-order valence-corrected chi connectivity index (χ1v) is 18.5. The summed E-state index contributed by atoms with van der Waals surface area (Å²) < 4.78 is 22.4. The SMILES string of the molecule is CC(C)Oc1ccc(-c2c(F)cc(NC(=O)N3CCC(C(C)(C)C)CC3)cc2-c2nnn(C(c3ccccc3)(c3ccccc3)c3ccccc3)n2)cn1. The number of anilines is 1. The number of carbonyl (C=O) groups excluding carboxylic acids is 1. The molecule has 0 unspecified atom stereocenters. The van der Waals surface area contributed by atoms with Crippen LogP contribution in [-0.2, 0) is 5.54 Å². The maximum absolute atomic E-state index is 16.6. The van der Waals surface area contributed by atoms with Gasteiger partial charge < -0.3 is 15.0 Å². The molecular formula is C44H46FN7O2. The molecule has 1 N–H and O–H groups in total. The highest BCUT2D eigenvalue weighted by Crippen LogP contribution is 2.41. The van der Waals surface area contributed by atoms with E-state index in [2.05, 4.69) is 36.2 Å². The molecule has 6 aromatic rings. The number of hydrogen-bond donors (Lipinski definition) is 1. The lowest BCUT2D eigenvalue weighted by atomic mass is 9.75. The summed E-state index contributed by atoms with van der Waals surface area (Å²) in [5.74, 6) is 0.572. The fourth-order valence-electron chi connectivity index (χ4n) is 7.49. The summed E-state index contributed by atoms with van der Waals surface area (Å²) in [6.45, 7) is 11.8. The van der Waals surface area contributed by atoms with Crippen molar-refractivity contribution in [1.29, 1.82) is 0 Å². The van der Waals surface area contributed by atoms with Crippen LogP contribution in [0.1, 0.15) is 64.2 Å². The third-order valence-electron chi connectivity index (χ3n) is 10.3. The van der Waals surface area contributed by atoms with Crippen molar-refractivity contribution >= 4 is 11.7 Å². The van der Waals surface area contributed by atoms with E-state index in [1.807, 2.05) is 105 Å². The predicted molar refractivity (Wildman–Crippen MR) is 210 cm³/mol. The highest BCUT2D eigenvalue weighted by atomic mass is 19.1. The first-order chi connectivity index (χ1) is 26.0. The van der Waals surface area contributed by atoms with E-state index in [9.17, 15) is 4.79 Å². The average Bonchev–Trinajstić information content (AvgIpc) is 3.67. The molecule has 0 aliphatic carbocycles. The zero-order valence-electron chi connectivity index (χ0n) is 31.4. The van der Waals surface area contributed by atoms with Crippen LogP contribution in [0, 0.1) is 17.2 Å². The van der Waals surface area contributed by atoms with Crippen LogP contribution in [0.25, 0.3) is 22.5 Å². The number of amides is 2. The molecule has 3 heterocycles. The maximum atomic E-state index is 16.6. The number of urea groups is 1. The topological polar surface area (TPSA) is 98.1 Å². The van der Waals surface area contributed by atoms with Crippen LogP contribution >= 0.6 is 0 Å². The lowest BCUT2D eigenvalue weighted by Gasteiger charge is -2.38. The summed E-state index contributed by atoms with van der Waals surface area (Å²) in [5.41, 5.74) is 3.26. The summed E-state index contributed by atoms with van der Waals surface area (Å²) in [7, 11) is 0. The first-order valence-electron chi connectivity index (χ1n) is 18.5. The molecular weight excluding hydrogens is 678 g/mol. The summed E-state index contributed by atoms with van der Waals surface area (Å²) in [6.07, 6.45) is 3.33. The number of halogens is 1. The normalized spacial score (nSPS) is 13.9. The molecule has 1 saturated heterocycles. The van der Waals surface area contributed by atoms with Gasteiger partial charge in [-0.25, -0.2) is 14.2 Å². The van der Waals surface area contributed by atoms with Crippen molar-refractivity contribution in [3.63, 3.8) is 0 Å². The highest BCUT2D eigenvalue weighted by molar-refractivity contribution is 5.92. The molecule has 2 aromatic heterocycles. The Balaban J connectivity index is 1.35. The molecule has 0 spiro atoms. The number of ether oxygens (including phenoxy) is 1. The molecule has 1 aliphatic heterocycles. The number of nitrogens with one attached hydrogen (secondary N) is 1. The van der Waals surface area contributed by atoms with E-state index in [0.29, 0.717) is 41.7 Å². The molecule has 1 aliphatic rings. The van der Waals surface area contributed by atoms with Crippen molar-refractivity contribution in [1.82, 2.24) is 30.1 Å². The van der Waals surface area contributed by atoms with E-state index in [-0.39, 0.29) is 28.9 Å². The van der Waals surface area contributed by atoms with Crippen molar-refractivity contribution in [3.05, 3.63) is 144 Å².